The van der Waals surface area contributed by atoms with Gasteiger partial charge in [-0.05, 0) is 25.5 Å². The summed E-state index contributed by atoms with van der Waals surface area (Å²) in [6.45, 7) is 4.95. The van der Waals surface area contributed by atoms with Crippen molar-refractivity contribution in [3.8, 4) is 0 Å². The molecule has 2 rings (SSSR count). The highest BCUT2D eigenvalue weighted by Gasteiger charge is 2.26. The summed E-state index contributed by atoms with van der Waals surface area (Å²) in [7, 11) is 0. The Balaban J connectivity index is 2.11. The molecule has 1 aromatic carbocycles. The number of ether oxygens (including phenoxy) is 1. The summed E-state index contributed by atoms with van der Waals surface area (Å²) in [6, 6.07) is 10.7. The molecule has 0 radical (unpaired) electrons. The van der Waals surface area contributed by atoms with Gasteiger partial charge in [0.1, 0.15) is 0 Å². The Bertz CT molecular complexity index is 284. The molecule has 0 aliphatic carbocycles. The smallest absolute Gasteiger partial charge is 0.0768 e. The molecule has 1 heterocycles. The third-order valence-electron chi connectivity index (χ3n) is 3.03. The molecule has 1 aromatic rings. The number of hydrogen-bond donors (Lipinski definition) is 1. The van der Waals surface area contributed by atoms with Crippen LogP contribution in [-0.4, -0.2) is 25.8 Å². The second-order valence-electron chi connectivity index (χ2n) is 4.00. The third-order valence-corrected chi connectivity index (χ3v) is 3.03. The molecule has 0 saturated carbocycles. The van der Waals surface area contributed by atoms with E-state index >= 15 is 0 Å². The predicted molar refractivity (Wildman–Crippen MR) is 62.1 cm³/mol. The van der Waals surface area contributed by atoms with E-state index in [2.05, 4.69) is 42.6 Å². The van der Waals surface area contributed by atoms with E-state index in [1.165, 1.54) is 12.0 Å². The molecule has 2 atom stereocenters. The van der Waals surface area contributed by atoms with Crippen LogP contribution < -0.4 is 5.32 Å². The molecule has 82 valence electrons. The van der Waals surface area contributed by atoms with E-state index in [1.807, 2.05) is 0 Å². The van der Waals surface area contributed by atoms with Crippen molar-refractivity contribution in [1.29, 1.82) is 0 Å². The van der Waals surface area contributed by atoms with Gasteiger partial charge in [0.2, 0.25) is 0 Å². The quantitative estimate of drug-likeness (QED) is 0.816. The average Bonchev–Trinajstić information content (AvgIpc) is 2.31. The van der Waals surface area contributed by atoms with Gasteiger partial charge < -0.3 is 10.1 Å². The molecule has 0 aromatic heterocycles. The molecule has 2 nitrogen and oxygen atoms in total. The zero-order chi connectivity index (χ0) is 10.5. The zero-order valence-corrected chi connectivity index (χ0v) is 9.28. The Labute approximate surface area is 91.6 Å². The van der Waals surface area contributed by atoms with Gasteiger partial charge in [-0.2, -0.15) is 0 Å². The maximum atomic E-state index is 5.79. The van der Waals surface area contributed by atoms with Crippen LogP contribution in [-0.2, 0) is 4.74 Å². The van der Waals surface area contributed by atoms with Crippen molar-refractivity contribution in [2.45, 2.75) is 25.4 Å². The Morgan fingerprint density at radius 2 is 2.13 bits per heavy atom. The van der Waals surface area contributed by atoms with Crippen molar-refractivity contribution < 1.29 is 4.74 Å². The van der Waals surface area contributed by atoms with Gasteiger partial charge >= 0.3 is 0 Å². The second-order valence-corrected chi connectivity index (χ2v) is 4.00. The Morgan fingerprint density at radius 1 is 1.33 bits per heavy atom. The van der Waals surface area contributed by atoms with Gasteiger partial charge in [0.15, 0.2) is 0 Å². The zero-order valence-electron chi connectivity index (χ0n) is 9.28. The van der Waals surface area contributed by atoms with Crippen molar-refractivity contribution in [2.75, 3.05) is 19.7 Å². The summed E-state index contributed by atoms with van der Waals surface area (Å²) < 4.78 is 5.79. The first-order valence-electron chi connectivity index (χ1n) is 5.79. The van der Waals surface area contributed by atoms with Crippen LogP contribution in [0.25, 0.3) is 0 Å². The molecule has 1 N–H and O–H groups in total. The third kappa shape index (κ3) is 2.58. The van der Waals surface area contributed by atoms with Gasteiger partial charge in [0, 0.05) is 19.1 Å². The molecule has 1 fully saturated rings. The molecule has 2 heteroatoms. The van der Waals surface area contributed by atoms with E-state index in [9.17, 15) is 0 Å². The van der Waals surface area contributed by atoms with E-state index in [0.29, 0.717) is 12.0 Å². The van der Waals surface area contributed by atoms with E-state index in [-0.39, 0.29) is 0 Å². The fraction of sp³-hybridized carbons (Fsp3) is 0.538. The molecular weight excluding hydrogens is 186 g/mol. The normalized spacial score (nSPS) is 26.5. The molecule has 0 amide bonds. The molecule has 1 unspecified atom stereocenters. The molecule has 0 bridgehead atoms. The van der Waals surface area contributed by atoms with Gasteiger partial charge in [-0.3, -0.25) is 0 Å². The van der Waals surface area contributed by atoms with Crippen molar-refractivity contribution in [3.63, 3.8) is 0 Å². The van der Waals surface area contributed by atoms with Crippen molar-refractivity contribution in [2.24, 2.45) is 0 Å². The summed E-state index contributed by atoms with van der Waals surface area (Å²) in [5.74, 6) is 0.562. The Hall–Kier alpha value is -0.860. The number of hydrogen-bond acceptors (Lipinski definition) is 2. The molecule has 0 spiro atoms. The average molecular weight is 205 g/mol. The highest BCUT2D eigenvalue weighted by molar-refractivity contribution is 5.21. The SMILES string of the molecule is CCO[C@@H]1CNCCC1c1ccccc1. The van der Waals surface area contributed by atoms with Crippen LogP contribution in [0, 0.1) is 0 Å². The minimum Gasteiger partial charge on any atom is -0.377 e. The van der Waals surface area contributed by atoms with Crippen LogP contribution in [0.4, 0.5) is 0 Å². The molecule has 1 aliphatic heterocycles. The molecule has 15 heavy (non-hydrogen) atoms. The van der Waals surface area contributed by atoms with Crippen LogP contribution in [0.1, 0.15) is 24.8 Å². The van der Waals surface area contributed by atoms with Gasteiger partial charge in [-0.25, -0.2) is 0 Å². The number of benzene rings is 1. The van der Waals surface area contributed by atoms with E-state index in [1.54, 1.807) is 0 Å². The second kappa shape index (κ2) is 5.29. The summed E-state index contributed by atoms with van der Waals surface area (Å²) in [4.78, 5) is 0. The van der Waals surface area contributed by atoms with Crippen molar-refractivity contribution in [1.82, 2.24) is 5.32 Å². The lowest BCUT2D eigenvalue weighted by Crippen LogP contribution is -2.41. The summed E-state index contributed by atoms with van der Waals surface area (Å²) >= 11 is 0. The largest absolute Gasteiger partial charge is 0.377 e. The lowest BCUT2D eigenvalue weighted by Gasteiger charge is -2.32. The minimum absolute atomic E-state index is 0.339. The first-order chi connectivity index (χ1) is 7.42. The van der Waals surface area contributed by atoms with Crippen LogP contribution >= 0.6 is 0 Å². The van der Waals surface area contributed by atoms with Crippen LogP contribution in [0.5, 0.6) is 0 Å². The summed E-state index contributed by atoms with van der Waals surface area (Å²) in [5.41, 5.74) is 1.41. The molecule has 1 saturated heterocycles. The van der Waals surface area contributed by atoms with E-state index < -0.39 is 0 Å². The van der Waals surface area contributed by atoms with Crippen LogP contribution in [0.15, 0.2) is 30.3 Å². The van der Waals surface area contributed by atoms with Crippen LogP contribution in [0.3, 0.4) is 0 Å². The number of rotatable bonds is 3. The fourth-order valence-electron chi connectivity index (χ4n) is 2.30. The highest BCUT2D eigenvalue weighted by atomic mass is 16.5. The summed E-state index contributed by atoms with van der Waals surface area (Å²) in [5, 5.41) is 3.39. The first kappa shape index (κ1) is 10.7. The standard InChI is InChI=1S/C13H19NO/c1-2-15-13-10-14-9-8-12(13)11-6-4-3-5-7-11/h3-7,12-14H,2,8-10H2,1H3/t12?,13-/m1/s1. The maximum Gasteiger partial charge on any atom is 0.0768 e. The van der Waals surface area contributed by atoms with Crippen LogP contribution in [0.2, 0.25) is 0 Å². The number of nitrogens with one attached hydrogen (secondary N) is 1. The Morgan fingerprint density at radius 3 is 2.87 bits per heavy atom. The monoisotopic (exact) mass is 205 g/mol. The fourth-order valence-corrected chi connectivity index (χ4v) is 2.30. The van der Waals surface area contributed by atoms with Crippen molar-refractivity contribution in [3.05, 3.63) is 35.9 Å². The predicted octanol–water partition coefficient (Wildman–Crippen LogP) is 2.17. The molecule has 1 aliphatic rings. The highest BCUT2D eigenvalue weighted by Crippen LogP contribution is 2.27. The van der Waals surface area contributed by atoms with Gasteiger partial charge in [0.05, 0.1) is 6.10 Å². The van der Waals surface area contributed by atoms with E-state index in [0.717, 1.165) is 19.7 Å². The first-order valence-corrected chi connectivity index (χ1v) is 5.79. The van der Waals surface area contributed by atoms with Gasteiger partial charge in [-0.15, -0.1) is 0 Å². The topological polar surface area (TPSA) is 21.3 Å². The van der Waals surface area contributed by atoms with Gasteiger partial charge in [0.25, 0.3) is 0 Å². The molecular formula is C13H19NO. The lowest BCUT2D eigenvalue weighted by atomic mass is 9.88. The maximum absolute atomic E-state index is 5.79. The summed E-state index contributed by atoms with van der Waals surface area (Å²) in [6.07, 6.45) is 1.51. The van der Waals surface area contributed by atoms with E-state index in [4.69, 9.17) is 4.74 Å². The lowest BCUT2D eigenvalue weighted by molar-refractivity contribution is 0.0299. The number of piperidine rings is 1. The van der Waals surface area contributed by atoms with Crippen molar-refractivity contribution >= 4 is 0 Å². The Kier molecular flexibility index (Phi) is 3.75. The van der Waals surface area contributed by atoms with Gasteiger partial charge in [-0.1, -0.05) is 30.3 Å². The minimum atomic E-state index is 0.339.